The smallest absolute Gasteiger partial charge is 0.335 e. The Kier molecular flexibility index (Phi) is 6.56. The van der Waals surface area contributed by atoms with Gasteiger partial charge in [-0.3, -0.25) is 4.79 Å². The van der Waals surface area contributed by atoms with Gasteiger partial charge in [0.05, 0.1) is 18.4 Å². The van der Waals surface area contributed by atoms with Gasteiger partial charge in [-0.1, -0.05) is 0 Å². The molecule has 3 rings (SSSR count). The normalized spacial score (nSPS) is 36.9. The van der Waals surface area contributed by atoms with Crippen LogP contribution in [-0.4, -0.2) is 87.7 Å². The van der Waals surface area contributed by atoms with Crippen molar-refractivity contribution in [2.45, 2.75) is 56.8 Å². The molecule has 2 aliphatic heterocycles. The highest BCUT2D eigenvalue weighted by Crippen LogP contribution is 2.43. The van der Waals surface area contributed by atoms with Crippen molar-refractivity contribution in [3.8, 4) is 0 Å². The Labute approximate surface area is 165 Å². The van der Waals surface area contributed by atoms with Crippen molar-refractivity contribution < 1.29 is 54.1 Å². The minimum absolute atomic E-state index is 0.0199. The third-order valence-electron chi connectivity index (χ3n) is 5.27. The van der Waals surface area contributed by atoms with Crippen LogP contribution in [0.1, 0.15) is 19.8 Å². The summed E-state index contributed by atoms with van der Waals surface area (Å²) in [5.41, 5.74) is 1.10. The van der Waals surface area contributed by atoms with Crippen molar-refractivity contribution in [2.75, 3.05) is 13.2 Å². The Morgan fingerprint density at radius 3 is 2.55 bits per heavy atom. The van der Waals surface area contributed by atoms with Crippen LogP contribution in [0.15, 0.2) is 23.0 Å². The van der Waals surface area contributed by atoms with Crippen LogP contribution in [0.5, 0.6) is 0 Å². The fourth-order valence-electron chi connectivity index (χ4n) is 3.76. The number of carbonyl (C=O) groups excluding carboxylic acids is 1. The van der Waals surface area contributed by atoms with Crippen LogP contribution in [-0.2, 0) is 28.5 Å². The number of ether oxygens (including phenoxy) is 4. The predicted molar refractivity (Wildman–Crippen MR) is 91.8 cm³/mol. The molecule has 11 nitrogen and oxygen atoms in total. The summed E-state index contributed by atoms with van der Waals surface area (Å²) in [6.45, 7) is 0.563. The summed E-state index contributed by atoms with van der Waals surface area (Å²) >= 11 is 0. The number of aliphatic hydroxyl groups is 4. The SMILES string of the molecule is CC(=O)OCC1=C2C(OC3OC(CO)C(O)C(O)C3O)OC=C(C(=O)O)C2CC1. The molecule has 0 aromatic rings. The van der Waals surface area contributed by atoms with E-state index in [1.807, 2.05) is 0 Å². The maximum Gasteiger partial charge on any atom is 0.335 e. The zero-order chi connectivity index (χ0) is 21.3. The van der Waals surface area contributed by atoms with Crippen molar-refractivity contribution in [1.82, 2.24) is 0 Å². The molecule has 7 atom stereocenters. The first-order valence-corrected chi connectivity index (χ1v) is 9.14. The van der Waals surface area contributed by atoms with Crippen molar-refractivity contribution in [2.24, 2.45) is 5.92 Å². The third-order valence-corrected chi connectivity index (χ3v) is 5.27. The highest BCUT2D eigenvalue weighted by Gasteiger charge is 2.47. The zero-order valence-electron chi connectivity index (χ0n) is 15.6. The minimum Gasteiger partial charge on any atom is -0.478 e. The molecule has 11 heteroatoms. The number of hydrogen-bond donors (Lipinski definition) is 5. The van der Waals surface area contributed by atoms with Crippen molar-refractivity contribution in [3.05, 3.63) is 23.0 Å². The molecule has 0 saturated carbocycles. The number of aliphatic carboxylic acids is 1. The fourth-order valence-corrected chi connectivity index (χ4v) is 3.76. The molecule has 2 heterocycles. The number of aliphatic hydroxyl groups excluding tert-OH is 4. The van der Waals surface area contributed by atoms with Crippen LogP contribution < -0.4 is 0 Å². The summed E-state index contributed by atoms with van der Waals surface area (Å²) in [6.07, 6.45) is -6.65. The van der Waals surface area contributed by atoms with Gasteiger partial charge in [0.15, 0.2) is 6.29 Å². The molecule has 0 radical (unpaired) electrons. The Morgan fingerprint density at radius 1 is 1.21 bits per heavy atom. The lowest BCUT2D eigenvalue weighted by atomic mass is 9.90. The number of carboxylic acid groups (broad SMARTS) is 1. The second-order valence-electron chi connectivity index (χ2n) is 7.11. The maximum absolute atomic E-state index is 11.5. The predicted octanol–water partition coefficient (Wildman–Crippen LogP) is -1.60. The van der Waals surface area contributed by atoms with Crippen LogP contribution in [0.3, 0.4) is 0 Å². The molecule has 1 saturated heterocycles. The lowest BCUT2D eigenvalue weighted by molar-refractivity contribution is -0.327. The molecule has 1 fully saturated rings. The van der Waals surface area contributed by atoms with Gasteiger partial charge in [0.25, 0.3) is 0 Å². The molecule has 0 bridgehead atoms. The lowest BCUT2D eigenvalue weighted by Crippen LogP contribution is -2.60. The Bertz CT molecular complexity index is 713. The Morgan fingerprint density at radius 2 is 1.93 bits per heavy atom. The molecule has 5 N–H and O–H groups in total. The van der Waals surface area contributed by atoms with Crippen molar-refractivity contribution in [3.63, 3.8) is 0 Å². The average molecular weight is 416 g/mol. The molecule has 0 aromatic carbocycles. The van der Waals surface area contributed by atoms with Gasteiger partial charge in [0, 0.05) is 18.4 Å². The number of fused-ring (bicyclic) bond motifs is 1. The lowest BCUT2D eigenvalue weighted by Gasteiger charge is -2.41. The molecule has 1 aliphatic carbocycles. The summed E-state index contributed by atoms with van der Waals surface area (Å²) in [5.74, 6) is -2.20. The Hall–Kier alpha value is -2.02. The highest BCUT2D eigenvalue weighted by atomic mass is 16.8. The van der Waals surface area contributed by atoms with E-state index in [2.05, 4.69) is 0 Å². The minimum atomic E-state index is -1.64. The van der Waals surface area contributed by atoms with E-state index in [0.717, 1.165) is 6.26 Å². The molecule has 29 heavy (non-hydrogen) atoms. The van der Waals surface area contributed by atoms with E-state index in [0.29, 0.717) is 24.0 Å². The van der Waals surface area contributed by atoms with Crippen LogP contribution in [0.2, 0.25) is 0 Å². The van der Waals surface area contributed by atoms with Gasteiger partial charge in [0.2, 0.25) is 6.29 Å². The summed E-state index contributed by atoms with van der Waals surface area (Å²) < 4.78 is 21.5. The van der Waals surface area contributed by atoms with Gasteiger partial charge in [-0.2, -0.15) is 0 Å². The molecule has 0 spiro atoms. The Balaban J connectivity index is 1.85. The van der Waals surface area contributed by atoms with Gasteiger partial charge in [-0.25, -0.2) is 4.79 Å². The van der Waals surface area contributed by atoms with Gasteiger partial charge < -0.3 is 44.5 Å². The monoisotopic (exact) mass is 416 g/mol. The fraction of sp³-hybridized carbons (Fsp3) is 0.667. The van der Waals surface area contributed by atoms with Crippen molar-refractivity contribution in [1.29, 1.82) is 0 Å². The van der Waals surface area contributed by atoms with Crippen LogP contribution in [0, 0.1) is 5.92 Å². The topological polar surface area (TPSA) is 172 Å². The first-order valence-electron chi connectivity index (χ1n) is 9.14. The van der Waals surface area contributed by atoms with Crippen molar-refractivity contribution >= 4 is 11.9 Å². The first-order chi connectivity index (χ1) is 13.7. The van der Waals surface area contributed by atoms with Crippen LogP contribution in [0.25, 0.3) is 0 Å². The average Bonchev–Trinajstić information content (AvgIpc) is 3.11. The molecular formula is C18H24O11. The van der Waals surface area contributed by atoms with Crippen LogP contribution >= 0.6 is 0 Å². The molecule has 162 valence electrons. The molecule has 0 aromatic heterocycles. The zero-order valence-corrected chi connectivity index (χ0v) is 15.6. The third kappa shape index (κ3) is 4.29. The second-order valence-corrected chi connectivity index (χ2v) is 7.11. The summed E-state index contributed by atoms with van der Waals surface area (Å²) in [7, 11) is 0. The quantitative estimate of drug-likeness (QED) is 0.249. The number of carbonyl (C=O) groups is 2. The number of carboxylic acids is 1. The molecule has 0 amide bonds. The van der Waals surface area contributed by atoms with E-state index in [1.54, 1.807) is 0 Å². The van der Waals surface area contributed by atoms with Gasteiger partial charge >= 0.3 is 11.9 Å². The highest BCUT2D eigenvalue weighted by molar-refractivity contribution is 5.88. The van der Waals surface area contributed by atoms with E-state index in [-0.39, 0.29) is 12.2 Å². The number of esters is 1. The molecular weight excluding hydrogens is 392 g/mol. The number of rotatable bonds is 6. The second kappa shape index (κ2) is 8.78. The van der Waals surface area contributed by atoms with Gasteiger partial charge in [0.1, 0.15) is 31.0 Å². The molecule has 3 aliphatic rings. The van der Waals surface area contributed by atoms with E-state index >= 15 is 0 Å². The van der Waals surface area contributed by atoms with E-state index in [9.17, 15) is 35.1 Å². The first kappa shape index (κ1) is 21.7. The standard InChI is InChI=1S/C18H24O11/c1-7(20)26-5-8-2-3-9-10(16(24)25)6-27-17(12(8)9)29-18-15(23)14(22)13(21)11(4-19)28-18/h6,9,11,13-15,17-19,21-23H,2-5H2,1H3,(H,24,25). The summed E-state index contributed by atoms with van der Waals surface area (Å²) in [4.78, 5) is 22.7. The van der Waals surface area contributed by atoms with Crippen LogP contribution in [0.4, 0.5) is 0 Å². The van der Waals surface area contributed by atoms with E-state index in [1.165, 1.54) is 6.92 Å². The van der Waals surface area contributed by atoms with E-state index in [4.69, 9.17) is 18.9 Å². The summed E-state index contributed by atoms with van der Waals surface area (Å²) in [5, 5.41) is 48.7. The van der Waals surface area contributed by atoms with E-state index < -0.39 is 61.5 Å². The van der Waals surface area contributed by atoms with Gasteiger partial charge in [-0.05, 0) is 18.4 Å². The maximum atomic E-state index is 11.5. The largest absolute Gasteiger partial charge is 0.478 e. The number of hydrogen-bond acceptors (Lipinski definition) is 10. The molecule has 7 unspecified atom stereocenters. The summed E-state index contributed by atoms with van der Waals surface area (Å²) in [6, 6.07) is 0. The van der Waals surface area contributed by atoms with Gasteiger partial charge in [-0.15, -0.1) is 0 Å².